The number of fused-ring (bicyclic) bond motifs is 1. The topological polar surface area (TPSA) is 42.2 Å². The normalized spacial score (nSPS) is 12.2. The summed E-state index contributed by atoms with van der Waals surface area (Å²) in [6.45, 7) is 1.91. The Kier molecular flexibility index (Phi) is 4.49. The fraction of sp³-hybridized carbons (Fsp3) is 0.167. The molecule has 3 rings (SSSR count). The van der Waals surface area contributed by atoms with Crippen LogP contribution in [-0.4, -0.2) is 11.7 Å². The largest absolute Gasteiger partial charge is 0.467 e. The highest BCUT2D eigenvalue weighted by Crippen LogP contribution is 2.23. The van der Waals surface area contributed by atoms with Crippen LogP contribution in [-0.2, 0) is 4.79 Å². The second-order valence-corrected chi connectivity index (χ2v) is 6.15. The lowest BCUT2D eigenvalue weighted by Crippen LogP contribution is -2.27. The van der Waals surface area contributed by atoms with Gasteiger partial charge in [-0.05, 0) is 42.0 Å². The van der Waals surface area contributed by atoms with Gasteiger partial charge in [-0.15, -0.1) is 11.8 Å². The molecule has 1 N–H and O–H groups in total. The van der Waals surface area contributed by atoms with Crippen molar-refractivity contribution >= 4 is 28.4 Å². The van der Waals surface area contributed by atoms with Gasteiger partial charge in [-0.25, -0.2) is 0 Å². The van der Waals surface area contributed by atoms with Crippen molar-refractivity contribution in [3.05, 3.63) is 66.6 Å². The van der Waals surface area contributed by atoms with Crippen molar-refractivity contribution in [2.75, 3.05) is 5.75 Å². The number of nitrogens with one attached hydrogen (secondary N) is 1. The number of thioether (sulfide) groups is 1. The molecule has 0 aliphatic rings. The van der Waals surface area contributed by atoms with Crippen molar-refractivity contribution < 1.29 is 9.21 Å². The molecule has 0 aliphatic heterocycles. The SMILES string of the molecule is C[C@H](NC(=O)CSc1ccc2ccccc2c1)c1ccco1. The van der Waals surface area contributed by atoms with Gasteiger partial charge in [0.15, 0.2) is 0 Å². The van der Waals surface area contributed by atoms with E-state index < -0.39 is 0 Å². The lowest BCUT2D eigenvalue weighted by Gasteiger charge is -2.11. The summed E-state index contributed by atoms with van der Waals surface area (Å²) in [7, 11) is 0. The zero-order chi connectivity index (χ0) is 15.4. The maximum atomic E-state index is 12.0. The van der Waals surface area contributed by atoms with Crippen LogP contribution in [0.25, 0.3) is 10.8 Å². The summed E-state index contributed by atoms with van der Waals surface area (Å²) in [4.78, 5) is 13.1. The van der Waals surface area contributed by atoms with Gasteiger partial charge in [0.2, 0.25) is 5.91 Å². The van der Waals surface area contributed by atoms with E-state index >= 15 is 0 Å². The highest BCUT2D eigenvalue weighted by molar-refractivity contribution is 8.00. The van der Waals surface area contributed by atoms with Crippen molar-refractivity contribution in [2.45, 2.75) is 17.9 Å². The molecule has 0 saturated carbocycles. The van der Waals surface area contributed by atoms with Gasteiger partial charge < -0.3 is 9.73 Å². The van der Waals surface area contributed by atoms with Gasteiger partial charge >= 0.3 is 0 Å². The molecular formula is C18H17NO2S. The minimum atomic E-state index is -0.111. The first-order valence-electron chi connectivity index (χ1n) is 7.17. The molecule has 22 heavy (non-hydrogen) atoms. The van der Waals surface area contributed by atoms with E-state index in [0.29, 0.717) is 5.75 Å². The zero-order valence-corrected chi connectivity index (χ0v) is 13.1. The quantitative estimate of drug-likeness (QED) is 0.710. The lowest BCUT2D eigenvalue weighted by atomic mass is 10.1. The Morgan fingerprint density at radius 1 is 1.14 bits per heavy atom. The third-order valence-electron chi connectivity index (χ3n) is 3.44. The molecule has 1 atom stereocenters. The second kappa shape index (κ2) is 6.71. The summed E-state index contributed by atoms with van der Waals surface area (Å²) in [5, 5.41) is 5.34. The standard InChI is InChI=1S/C18H17NO2S/c1-13(17-7-4-10-21-17)19-18(20)12-22-16-9-8-14-5-2-3-6-15(14)11-16/h2-11,13H,12H2,1H3,(H,19,20)/t13-/m0/s1. The van der Waals surface area contributed by atoms with Crippen molar-refractivity contribution in [1.29, 1.82) is 0 Å². The lowest BCUT2D eigenvalue weighted by molar-refractivity contribution is -0.119. The van der Waals surface area contributed by atoms with Gasteiger partial charge in [0.05, 0.1) is 18.1 Å². The first-order chi connectivity index (χ1) is 10.7. The third-order valence-corrected chi connectivity index (χ3v) is 4.43. The molecule has 0 bridgehead atoms. The van der Waals surface area contributed by atoms with E-state index in [9.17, 15) is 4.79 Å². The summed E-state index contributed by atoms with van der Waals surface area (Å²) in [5.74, 6) is 1.16. The number of hydrogen-bond acceptors (Lipinski definition) is 3. The Bertz CT molecular complexity index is 768. The monoisotopic (exact) mass is 311 g/mol. The van der Waals surface area contributed by atoms with Gasteiger partial charge in [0.25, 0.3) is 0 Å². The smallest absolute Gasteiger partial charge is 0.230 e. The maximum Gasteiger partial charge on any atom is 0.230 e. The van der Waals surface area contributed by atoms with Crippen LogP contribution in [0, 0.1) is 0 Å². The van der Waals surface area contributed by atoms with E-state index in [2.05, 4.69) is 35.6 Å². The second-order valence-electron chi connectivity index (χ2n) is 5.10. The van der Waals surface area contributed by atoms with Crippen LogP contribution in [0.3, 0.4) is 0 Å². The van der Waals surface area contributed by atoms with E-state index in [4.69, 9.17) is 4.42 Å². The first kappa shape index (κ1) is 14.7. The molecule has 0 saturated heterocycles. The Morgan fingerprint density at radius 3 is 2.73 bits per heavy atom. The van der Waals surface area contributed by atoms with Crippen LogP contribution >= 0.6 is 11.8 Å². The minimum Gasteiger partial charge on any atom is -0.467 e. The van der Waals surface area contributed by atoms with Gasteiger partial charge in [-0.3, -0.25) is 4.79 Å². The van der Waals surface area contributed by atoms with Crippen LogP contribution in [0.5, 0.6) is 0 Å². The molecule has 4 heteroatoms. The summed E-state index contributed by atoms with van der Waals surface area (Å²) < 4.78 is 5.29. The van der Waals surface area contributed by atoms with Crippen LogP contribution in [0.15, 0.2) is 70.2 Å². The summed E-state index contributed by atoms with van der Waals surface area (Å²) >= 11 is 1.54. The molecule has 0 unspecified atom stereocenters. The molecule has 1 aromatic heterocycles. The highest BCUT2D eigenvalue weighted by Gasteiger charge is 2.11. The van der Waals surface area contributed by atoms with E-state index in [1.807, 2.05) is 31.2 Å². The van der Waals surface area contributed by atoms with Crippen molar-refractivity contribution in [1.82, 2.24) is 5.32 Å². The predicted molar refractivity (Wildman–Crippen MR) is 89.9 cm³/mol. The molecular weight excluding hydrogens is 294 g/mol. The maximum absolute atomic E-state index is 12.0. The molecule has 2 aromatic carbocycles. The zero-order valence-electron chi connectivity index (χ0n) is 12.3. The molecule has 1 heterocycles. The van der Waals surface area contributed by atoms with Crippen LogP contribution in [0.4, 0.5) is 0 Å². The fourth-order valence-corrected chi connectivity index (χ4v) is 3.05. The van der Waals surface area contributed by atoms with Gasteiger partial charge in [0.1, 0.15) is 5.76 Å². The first-order valence-corrected chi connectivity index (χ1v) is 8.15. The minimum absolute atomic E-state index is 0.00191. The van der Waals surface area contributed by atoms with Gasteiger partial charge in [-0.2, -0.15) is 0 Å². The van der Waals surface area contributed by atoms with Crippen molar-refractivity contribution in [2.24, 2.45) is 0 Å². The number of furan rings is 1. The Labute approximate surface area is 133 Å². The molecule has 3 aromatic rings. The van der Waals surface area contributed by atoms with Crippen LogP contribution in [0.2, 0.25) is 0 Å². The van der Waals surface area contributed by atoms with Gasteiger partial charge in [0, 0.05) is 4.90 Å². The number of amides is 1. The molecule has 112 valence electrons. The molecule has 0 spiro atoms. The van der Waals surface area contributed by atoms with Crippen LogP contribution in [0.1, 0.15) is 18.7 Å². The number of carbonyl (C=O) groups excluding carboxylic acids is 1. The third kappa shape index (κ3) is 3.52. The van der Waals surface area contributed by atoms with E-state index in [1.54, 1.807) is 6.26 Å². The van der Waals surface area contributed by atoms with Crippen molar-refractivity contribution in [3.63, 3.8) is 0 Å². The Hall–Kier alpha value is -2.20. The number of benzene rings is 2. The number of hydrogen-bond donors (Lipinski definition) is 1. The van der Waals surface area contributed by atoms with Crippen LogP contribution < -0.4 is 5.32 Å². The molecule has 3 nitrogen and oxygen atoms in total. The molecule has 0 aliphatic carbocycles. The summed E-state index contributed by atoms with van der Waals surface area (Å²) in [6, 6.07) is 18.0. The van der Waals surface area contributed by atoms with Crippen molar-refractivity contribution in [3.8, 4) is 0 Å². The average Bonchev–Trinajstić information content (AvgIpc) is 3.07. The summed E-state index contributed by atoms with van der Waals surface area (Å²) in [6.07, 6.45) is 1.61. The predicted octanol–water partition coefficient (Wildman–Crippen LogP) is 4.40. The molecule has 1 amide bonds. The average molecular weight is 311 g/mol. The fourth-order valence-electron chi connectivity index (χ4n) is 2.30. The Balaban J connectivity index is 1.57. The number of carbonyl (C=O) groups is 1. The highest BCUT2D eigenvalue weighted by atomic mass is 32.2. The van der Waals surface area contributed by atoms with Gasteiger partial charge in [-0.1, -0.05) is 30.3 Å². The Morgan fingerprint density at radius 2 is 1.95 bits per heavy atom. The molecule has 0 radical (unpaired) electrons. The molecule has 0 fully saturated rings. The number of rotatable bonds is 5. The van der Waals surface area contributed by atoms with E-state index in [1.165, 1.54) is 22.5 Å². The van der Waals surface area contributed by atoms with E-state index in [0.717, 1.165) is 10.7 Å². The summed E-state index contributed by atoms with van der Waals surface area (Å²) in [5.41, 5.74) is 0. The van der Waals surface area contributed by atoms with E-state index in [-0.39, 0.29) is 11.9 Å².